The normalized spacial score (nSPS) is 18.9. The van der Waals surface area contributed by atoms with E-state index in [0.717, 1.165) is 32.7 Å². The summed E-state index contributed by atoms with van der Waals surface area (Å²) in [5.41, 5.74) is -0.284. The number of piperazine rings is 1. The first-order valence-electron chi connectivity index (χ1n) is 5.77. The Balaban J connectivity index is 2.42. The minimum Gasteiger partial charge on any atom is -0.356 e. The van der Waals surface area contributed by atoms with Gasteiger partial charge in [-0.1, -0.05) is 0 Å². The SMILES string of the molecule is CCNC(=O)C(C)(C)CN1CCNCC1. The third kappa shape index (κ3) is 3.80. The van der Waals surface area contributed by atoms with Gasteiger partial charge in [0.2, 0.25) is 5.91 Å². The van der Waals surface area contributed by atoms with Crippen LogP contribution in [0.2, 0.25) is 0 Å². The van der Waals surface area contributed by atoms with Gasteiger partial charge in [-0.05, 0) is 20.8 Å². The summed E-state index contributed by atoms with van der Waals surface area (Å²) in [5.74, 6) is 0.156. The quantitative estimate of drug-likeness (QED) is 0.694. The van der Waals surface area contributed by atoms with E-state index in [0.29, 0.717) is 6.54 Å². The van der Waals surface area contributed by atoms with Crippen LogP contribution < -0.4 is 10.6 Å². The van der Waals surface area contributed by atoms with Crippen molar-refractivity contribution in [1.29, 1.82) is 0 Å². The molecule has 0 bridgehead atoms. The summed E-state index contributed by atoms with van der Waals surface area (Å²) in [6.45, 7) is 11.7. The Kier molecular flexibility index (Phi) is 4.54. The first-order valence-corrected chi connectivity index (χ1v) is 5.77. The van der Waals surface area contributed by atoms with E-state index in [-0.39, 0.29) is 11.3 Å². The summed E-state index contributed by atoms with van der Waals surface area (Å²) < 4.78 is 0. The molecular formula is C11H23N3O. The molecule has 1 rings (SSSR count). The minimum atomic E-state index is -0.284. The molecule has 15 heavy (non-hydrogen) atoms. The van der Waals surface area contributed by atoms with Crippen LogP contribution in [-0.2, 0) is 4.79 Å². The van der Waals surface area contributed by atoms with E-state index in [4.69, 9.17) is 0 Å². The lowest BCUT2D eigenvalue weighted by Crippen LogP contribution is -2.50. The maximum absolute atomic E-state index is 11.8. The number of hydrogen-bond acceptors (Lipinski definition) is 3. The fraction of sp³-hybridized carbons (Fsp3) is 0.909. The summed E-state index contributed by atoms with van der Waals surface area (Å²) in [7, 11) is 0. The fourth-order valence-corrected chi connectivity index (χ4v) is 1.90. The molecular weight excluding hydrogens is 190 g/mol. The zero-order valence-corrected chi connectivity index (χ0v) is 10.1. The number of carbonyl (C=O) groups is 1. The zero-order valence-electron chi connectivity index (χ0n) is 10.1. The highest BCUT2D eigenvalue weighted by molar-refractivity contribution is 5.81. The molecule has 0 aromatic rings. The third-order valence-corrected chi connectivity index (χ3v) is 2.78. The Bertz CT molecular complexity index is 210. The Morgan fingerprint density at radius 1 is 1.40 bits per heavy atom. The van der Waals surface area contributed by atoms with Crippen molar-refractivity contribution in [1.82, 2.24) is 15.5 Å². The highest BCUT2D eigenvalue weighted by atomic mass is 16.2. The van der Waals surface area contributed by atoms with Gasteiger partial charge in [0.05, 0.1) is 5.41 Å². The van der Waals surface area contributed by atoms with E-state index in [1.807, 2.05) is 20.8 Å². The molecule has 0 aromatic carbocycles. The molecule has 0 aliphatic carbocycles. The van der Waals surface area contributed by atoms with E-state index in [2.05, 4.69) is 15.5 Å². The maximum atomic E-state index is 11.8. The summed E-state index contributed by atoms with van der Waals surface area (Å²) in [6, 6.07) is 0. The number of carbonyl (C=O) groups excluding carboxylic acids is 1. The lowest BCUT2D eigenvalue weighted by atomic mass is 9.91. The molecule has 1 heterocycles. The predicted octanol–water partition coefficient (Wildman–Crippen LogP) is 0.0539. The second kappa shape index (κ2) is 5.47. The van der Waals surface area contributed by atoms with Crippen molar-refractivity contribution in [2.24, 2.45) is 5.41 Å². The van der Waals surface area contributed by atoms with Gasteiger partial charge in [-0.25, -0.2) is 0 Å². The molecule has 0 radical (unpaired) electrons. The van der Waals surface area contributed by atoms with Gasteiger partial charge in [-0.15, -0.1) is 0 Å². The van der Waals surface area contributed by atoms with E-state index < -0.39 is 0 Å². The number of hydrogen-bond donors (Lipinski definition) is 2. The Morgan fingerprint density at radius 2 is 2.00 bits per heavy atom. The highest BCUT2D eigenvalue weighted by Gasteiger charge is 2.29. The van der Waals surface area contributed by atoms with Gasteiger partial charge < -0.3 is 10.6 Å². The first-order chi connectivity index (χ1) is 7.06. The molecule has 2 N–H and O–H groups in total. The van der Waals surface area contributed by atoms with Gasteiger partial charge in [-0.2, -0.15) is 0 Å². The Hall–Kier alpha value is -0.610. The summed E-state index contributed by atoms with van der Waals surface area (Å²) in [5, 5.41) is 6.21. The van der Waals surface area contributed by atoms with E-state index in [1.54, 1.807) is 0 Å². The van der Waals surface area contributed by atoms with Crippen molar-refractivity contribution in [3.63, 3.8) is 0 Å². The summed E-state index contributed by atoms with van der Waals surface area (Å²) >= 11 is 0. The van der Waals surface area contributed by atoms with Gasteiger partial charge in [0.1, 0.15) is 0 Å². The molecule has 0 atom stereocenters. The molecule has 0 saturated carbocycles. The molecule has 1 fully saturated rings. The largest absolute Gasteiger partial charge is 0.356 e. The van der Waals surface area contributed by atoms with Gasteiger partial charge in [0.15, 0.2) is 0 Å². The smallest absolute Gasteiger partial charge is 0.226 e. The molecule has 4 heteroatoms. The molecule has 0 aromatic heterocycles. The first kappa shape index (κ1) is 12.5. The molecule has 1 aliphatic rings. The van der Waals surface area contributed by atoms with E-state index in [9.17, 15) is 4.79 Å². The Morgan fingerprint density at radius 3 is 2.53 bits per heavy atom. The lowest BCUT2D eigenvalue weighted by Gasteiger charge is -2.34. The number of amides is 1. The third-order valence-electron chi connectivity index (χ3n) is 2.78. The van der Waals surface area contributed by atoms with Crippen molar-refractivity contribution in [3.05, 3.63) is 0 Å². The maximum Gasteiger partial charge on any atom is 0.226 e. The number of nitrogens with one attached hydrogen (secondary N) is 2. The number of nitrogens with zero attached hydrogens (tertiary/aromatic N) is 1. The van der Waals surface area contributed by atoms with E-state index >= 15 is 0 Å². The van der Waals surface area contributed by atoms with E-state index in [1.165, 1.54) is 0 Å². The second-order valence-electron chi connectivity index (χ2n) is 4.77. The lowest BCUT2D eigenvalue weighted by molar-refractivity contribution is -0.130. The van der Waals surface area contributed by atoms with Crippen molar-refractivity contribution in [3.8, 4) is 0 Å². The van der Waals surface area contributed by atoms with Crippen LogP contribution in [0.25, 0.3) is 0 Å². The molecule has 1 amide bonds. The van der Waals surface area contributed by atoms with Crippen LogP contribution in [0.1, 0.15) is 20.8 Å². The highest BCUT2D eigenvalue weighted by Crippen LogP contribution is 2.17. The molecule has 0 unspecified atom stereocenters. The second-order valence-corrected chi connectivity index (χ2v) is 4.77. The fourth-order valence-electron chi connectivity index (χ4n) is 1.90. The van der Waals surface area contributed by atoms with Crippen molar-refractivity contribution < 1.29 is 4.79 Å². The zero-order chi connectivity index (χ0) is 11.3. The topological polar surface area (TPSA) is 44.4 Å². The van der Waals surface area contributed by atoms with Crippen LogP contribution in [0.4, 0.5) is 0 Å². The van der Waals surface area contributed by atoms with Crippen LogP contribution in [0.5, 0.6) is 0 Å². The molecule has 4 nitrogen and oxygen atoms in total. The van der Waals surface area contributed by atoms with Crippen molar-refractivity contribution >= 4 is 5.91 Å². The standard InChI is InChI=1S/C11H23N3O/c1-4-13-10(15)11(2,3)9-14-7-5-12-6-8-14/h12H,4-9H2,1-3H3,(H,13,15). The Labute approximate surface area is 92.4 Å². The van der Waals surface area contributed by atoms with Gasteiger partial charge in [0.25, 0.3) is 0 Å². The summed E-state index contributed by atoms with van der Waals surface area (Å²) in [4.78, 5) is 14.1. The predicted molar refractivity (Wildman–Crippen MR) is 61.8 cm³/mol. The van der Waals surface area contributed by atoms with Crippen LogP contribution in [-0.4, -0.2) is 50.1 Å². The average Bonchev–Trinajstić information content (AvgIpc) is 2.19. The van der Waals surface area contributed by atoms with Gasteiger partial charge in [0, 0.05) is 39.3 Å². The van der Waals surface area contributed by atoms with Crippen molar-refractivity contribution in [2.45, 2.75) is 20.8 Å². The van der Waals surface area contributed by atoms with Gasteiger partial charge >= 0.3 is 0 Å². The molecule has 1 aliphatic heterocycles. The van der Waals surface area contributed by atoms with Crippen molar-refractivity contribution in [2.75, 3.05) is 39.3 Å². The molecule has 0 spiro atoms. The molecule has 1 saturated heterocycles. The van der Waals surface area contributed by atoms with Crippen LogP contribution in [0.15, 0.2) is 0 Å². The number of rotatable bonds is 4. The van der Waals surface area contributed by atoms with Crippen LogP contribution in [0, 0.1) is 5.41 Å². The van der Waals surface area contributed by atoms with Crippen LogP contribution in [0.3, 0.4) is 0 Å². The average molecular weight is 213 g/mol. The summed E-state index contributed by atoms with van der Waals surface area (Å²) in [6.07, 6.45) is 0. The van der Waals surface area contributed by atoms with Crippen LogP contribution >= 0.6 is 0 Å². The minimum absolute atomic E-state index is 0.156. The monoisotopic (exact) mass is 213 g/mol. The van der Waals surface area contributed by atoms with Gasteiger partial charge in [-0.3, -0.25) is 9.69 Å². The molecule has 88 valence electrons.